The second-order valence-electron chi connectivity index (χ2n) is 4.20. The molecule has 1 nitrogen and oxygen atoms in total. The molecule has 0 aliphatic heterocycles. The van der Waals surface area contributed by atoms with Crippen molar-refractivity contribution in [1.29, 1.82) is 0 Å². The lowest BCUT2D eigenvalue weighted by Gasteiger charge is -2.05. The van der Waals surface area contributed by atoms with Gasteiger partial charge in [0.15, 0.2) is 0 Å². The van der Waals surface area contributed by atoms with E-state index in [1.807, 2.05) is 12.3 Å². The Hall–Kier alpha value is -2.15. The lowest BCUT2D eigenvalue weighted by Crippen LogP contribution is -1.84. The zero-order valence-electron chi connectivity index (χ0n) is 9.72. The van der Waals surface area contributed by atoms with E-state index in [1.165, 1.54) is 21.9 Å². The van der Waals surface area contributed by atoms with Crippen molar-refractivity contribution < 1.29 is 0 Å². The van der Waals surface area contributed by atoms with Crippen LogP contribution in [-0.4, -0.2) is 4.98 Å². The van der Waals surface area contributed by atoms with Crippen molar-refractivity contribution in [3.05, 3.63) is 66.5 Å². The Kier molecular flexibility index (Phi) is 2.37. The van der Waals surface area contributed by atoms with Crippen LogP contribution >= 0.6 is 0 Å². The zero-order chi connectivity index (χ0) is 11.7. The van der Waals surface area contributed by atoms with Crippen molar-refractivity contribution in [2.24, 2.45) is 0 Å². The molecule has 1 heteroatoms. The second-order valence-corrected chi connectivity index (χ2v) is 4.20. The summed E-state index contributed by atoms with van der Waals surface area (Å²) in [4.78, 5) is 4.34. The molecule has 0 spiro atoms. The SMILES string of the molecule is Cc1nccc2ccc(-c3ccccc3)cc12. The summed E-state index contributed by atoms with van der Waals surface area (Å²) in [5, 5.41) is 2.48. The molecule has 82 valence electrons. The third kappa shape index (κ3) is 1.80. The summed E-state index contributed by atoms with van der Waals surface area (Å²) in [6.07, 6.45) is 1.86. The summed E-state index contributed by atoms with van der Waals surface area (Å²) in [6.45, 7) is 2.05. The van der Waals surface area contributed by atoms with Crippen molar-refractivity contribution in [1.82, 2.24) is 4.98 Å². The smallest absolute Gasteiger partial charge is 0.0451 e. The fourth-order valence-corrected chi connectivity index (χ4v) is 2.12. The molecule has 0 unspecified atom stereocenters. The molecule has 0 N–H and O–H groups in total. The molecule has 0 bridgehead atoms. The first-order chi connectivity index (χ1) is 8.34. The van der Waals surface area contributed by atoms with E-state index in [-0.39, 0.29) is 0 Å². The van der Waals surface area contributed by atoms with Gasteiger partial charge in [0.1, 0.15) is 0 Å². The number of hydrogen-bond acceptors (Lipinski definition) is 1. The highest BCUT2D eigenvalue weighted by Gasteiger charge is 2.01. The molecule has 2 aromatic carbocycles. The fraction of sp³-hybridized carbons (Fsp3) is 0.0625. The molecule has 0 fully saturated rings. The zero-order valence-corrected chi connectivity index (χ0v) is 9.72. The lowest BCUT2D eigenvalue weighted by atomic mass is 10.0. The Morgan fingerprint density at radius 2 is 1.65 bits per heavy atom. The van der Waals surface area contributed by atoms with E-state index >= 15 is 0 Å². The van der Waals surface area contributed by atoms with Gasteiger partial charge in [-0.3, -0.25) is 4.98 Å². The van der Waals surface area contributed by atoms with Crippen LogP contribution in [0, 0.1) is 6.92 Å². The molecule has 0 saturated carbocycles. The fourth-order valence-electron chi connectivity index (χ4n) is 2.12. The highest BCUT2D eigenvalue weighted by molar-refractivity contribution is 5.88. The standard InChI is InChI=1S/C16H13N/c1-12-16-11-15(13-5-3-2-4-6-13)8-7-14(16)9-10-17-12/h2-11H,1H3. The third-order valence-electron chi connectivity index (χ3n) is 3.07. The molecule has 3 rings (SSSR count). The number of pyridine rings is 1. The van der Waals surface area contributed by atoms with Crippen LogP contribution in [0.5, 0.6) is 0 Å². The van der Waals surface area contributed by atoms with Gasteiger partial charge in [-0.1, -0.05) is 42.5 Å². The summed E-state index contributed by atoms with van der Waals surface area (Å²) < 4.78 is 0. The summed E-state index contributed by atoms with van der Waals surface area (Å²) >= 11 is 0. The Balaban J connectivity index is 2.23. The van der Waals surface area contributed by atoms with Crippen molar-refractivity contribution in [2.45, 2.75) is 6.92 Å². The average molecular weight is 219 g/mol. The van der Waals surface area contributed by atoms with Crippen LogP contribution in [0.3, 0.4) is 0 Å². The van der Waals surface area contributed by atoms with E-state index in [4.69, 9.17) is 0 Å². The lowest BCUT2D eigenvalue weighted by molar-refractivity contribution is 1.24. The van der Waals surface area contributed by atoms with Gasteiger partial charge >= 0.3 is 0 Å². The Bertz CT molecular complexity index is 657. The minimum atomic E-state index is 1.08. The molecule has 0 atom stereocenters. The van der Waals surface area contributed by atoms with Crippen molar-refractivity contribution in [3.8, 4) is 11.1 Å². The molecular weight excluding hydrogens is 206 g/mol. The van der Waals surface area contributed by atoms with Crippen LogP contribution in [-0.2, 0) is 0 Å². The van der Waals surface area contributed by atoms with Gasteiger partial charge in [-0.2, -0.15) is 0 Å². The normalized spacial score (nSPS) is 10.6. The molecule has 0 amide bonds. The number of hydrogen-bond donors (Lipinski definition) is 0. The monoisotopic (exact) mass is 219 g/mol. The molecule has 0 aliphatic rings. The molecule has 0 radical (unpaired) electrons. The van der Waals surface area contributed by atoms with Crippen LogP contribution in [0.25, 0.3) is 21.9 Å². The third-order valence-corrected chi connectivity index (χ3v) is 3.07. The van der Waals surface area contributed by atoms with Crippen molar-refractivity contribution >= 4 is 10.8 Å². The van der Waals surface area contributed by atoms with Crippen LogP contribution < -0.4 is 0 Å². The summed E-state index contributed by atoms with van der Waals surface area (Å²) in [7, 11) is 0. The quantitative estimate of drug-likeness (QED) is 0.597. The number of benzene rings is 2. The van der Waals surface area contributed by atoms with E-state index in [2.05, 4.69) is 60.4 Å². The number of aryl methyl sites for hydroxylation is 1. The molecule has 1 heterocycles. The summed E-state index contributed by atoms with van der Waals surface area (Å²) in [6, 6.07) is 19.0. The number of nitrogens with zero attached hydrogens (tertiary/aromatic N) is 1. The van der Waals surface area contributed by atoms with E-state index in [1.54, 1.807) is 0 Å². The van der Waals surface area contributed by atoms with E-state index in [0.29, 0.717) is 0 Å². The maximum Gasteiger partial charge on any atom is 0.0451 e. The highest BCUT2D eigenvalue weighted by Crippen LogP contribution is 2.25. The average Bonchev–Trinajstić information content (AvgIpc) is 2.40. The number of rotatable bonds is 1. The molecule has 0 aliphatic carbocycles. The van der Waals surface area contributed by atoms with Gasteiger partial charge in [0.05, 0.1) is 0 Å². The molecular formula is C16H13N. The van der Waals surface area contributed by atoms with Gasteiger partial charge < -0.3 is 0 Å². The maximum absolute atomic E-state index is 4.34. The molecule has 1 aromatic heterocycles. The maximum atomic E-state index is 4.34. The first-order valence-electron chi connectivity index (χ1n) is 5.75. The second kappa shape index (κ2) is 4.02. The van der Waals surface area contributed by atoms with Gasteiger partial charge in [0, 0.05) is 17.3 Å². The van der Waals surface area contributed by atoms with Gasteiger partial charge in [0.2, 0.25) is 0 Å². The minimum absolute atomic E-state index is 1.08. The predicted molar refractivity (Wildman–Crippen MR) is 71.9 cm³/mol. The van der Waals surface area contributed by atoms with Crippen molar-refractivity contribution in [2.75, 3.05) is 0 Å². The van der Waals surface area contributed by atoms with E-state index in [0.717, 1.165) is 5.69 Å². The molecule has 17 heavy (non-hydrogen) atoms. The predicted octanol–water partition coefficient (Wildman–Crippen LogP) is 4.21. The largest absolute Gasteiger partial charge is 0.261 e. The van der Waals surface area contributed by atoms with E-state index in [9.17, 15) is 0 Å². The number of fused-ring (bicyclic) bond motifs is 1. The summed E-state index contributed by atoms with van der Waals surface area (Å²) in [5.41, 5.74) is 3.58. The highest BCUT2D eigenvalue weighted by atomic mass is 14.7. The Labute approximate surface area is 101 Å². The first kappa shape index (κ1) is 10.0. The van der Waals surface area contributed by atoms with Gasteiger partial charge in [-0.05, 0) is 35.6 Å². The van der Waals surface area contributed by atoms with E-state index < -0.39 is 0 Å². The van der Waals surface area contributed by atoms with Gasteiger partial charge in [-0.15, -0.1) is 0 Å². The van der Waals surface area contributed by atoms with Crippen LogP contribution in [0.1, 0.15) is 5.69 Å². The van der Waals surface area contributed by atoms with Crippen molar-refractivity contribution in [3.63, 3.8) is 0 Å². The van der Waals surface area contributed by atoms with Gasteiger partial charge in [0.25, 0.3) is 0 Å². The Morgan fingerprint density at radius 3 is 2.47 bits per heavy atom. The van der Waals surface area contributed by atoms with Crippen LogP contribution in [0.15, 0.2) is 60.8 Å². The molecule has 0 saturated heterocycles. The Morgan fingerprint density at radius 1 is 0.824 bits per heavy atom. The van der Waals surface area contributed by atoms with Crippen LogP contribution in [0.4, 0.5) is 0 Å². The first-order valence-corrected chi connectivity index (χ1v) is 5.75. The topological polar surface area (TPSA) is 12.9 Å². The minimum Gasteiger partial charge on any atom is -0.261 e. The number of aromatic nitrogens is 1. The van der Waals surface area contributed by atoms with Gasteiger partial charge in [-0.25, -0.2) is 0 Å². The van der Waals surface area contributed by atoms with Crippen LogP contribution in [0.2, 0.25) is 0 Å². The summed E-state index contributed by atoms with van der Waals surface area (Å²) in [5.74, 6) is 0. The molecule has 3 aromatic rings.